The molecule has 1 aliphatic carbocycles. The Morgan fingerprint density at radius 3 is 3.00 bits per heavy atom. The van der Waals surface area contributed by atoms with Gasteiger partial charge in [-0.3, -0.25) is 4.79 Å². The maximum absolute atomic E-state index is 11.3. The average molecular weight is 194 g/mol. The molecule has 14 heavy (non-hydrogen) atoms. The summed E-state index contributed by atoms with van der Waals surface area (Å²) in [6.07, 6.45) is 5.68. The molecular formula is C11H14O3. The van der Waals surface area contributed by atoms with E-state index >= 15 is 0 Å². The predicted molar refractivity (Wildman–Crippen MR) is 52.7 cm³/mol. The van der Waals surface area contributed by atoms with Gasteiger partial charge in [-0.1, -0.05) is 6.08 Å². The van der Waals surface area contributed by atoms with Gasteiger partial charge < -0.3 is 4.74 Å². The molecular weight excluding hydrogens is 180 g/mol. The van der Waals surface area contributed by atoms with Crippen LogP contribution in [0.1, 0.15) is 25.7 Å². The van der Waals surface area contributed by atoms with Gasteiger partial charge in [0.15, 0.2) is 5.78 Å². The Labute approximate surface area is 83.4 Å². The zero-order chi connectivity index (χ0) is 10.4. The van der Waals surface area contributed by atoms with Crippen molar-refractivity contribution >= 4 is 11.8 Å². The summed E-state index contributed by atoms with van der Waals surface area (Å²) in [5.74, 6) is -0.341. The average Bonchev–Trinajstić information content (AvgIpc) is 2.18. The molecule has 76 valence electrons. The molecule has 0 amide bonds. The van der Waals surface area contributed by atoms with Gasteiger partial charge in [-0.05, 0) is 25.3 Å². The lowest BCUT2D eigenvalue weighted by atomic mass is 9.99. The first kappa shape index (κ1) is 10.7. The van der Waals surface area contributed by atoms with Gasteiger partial charge in [0.05, 0.1) is 6.61 Å². The zero-order valence-corrected chi connectivity index (χ0v) is 8.12. The minimum atomic E-state index is -0.361. The summed E-state index contributed by atoms with van der Waals surface area (Å²) in [4.78, 5) is 22.3. The van der Waals surface area contributed by atoms with Crippen LogP contribution >= 0.6 is 0 Å². The van der Waals surface area contributed by atoms with Crippen LogP contribution in [0.25, 0.3) is 0 Å². The molecule has 0 fully saturated rings. The minimum absolute atomic E-state index is 0.0203. The lowest BCUT2D eigenvalue weighted by Crippen LogP contribution is -2.13. The summed E-state index contributed by atoms with van der Waals surface area (Å²) in [5.41, 5.74) is 0.505. The predicted octanol–water partition coefficient (Wildman–Crippen LogP) is 1.79. The molecule has 0 N–H and O–H groups in total. The largest absolute Gasteiger partial charge is 0.462 e. The zero-order valence-electron chi connectivity index (χ0n) is 8.12. The molecule has 0 spiro atoms. The van der Waals surface area contributed by atoms with Gasteiger partial charge in [-0.15, -0.1) is 6.58 Å². The number of esters is 1. The number of ketones is 1. The highest BCUT2D eigenvalue weighted by molar-refractivity contribution is 6.00. The Morgan fingerprint density at radius 1 is 1.57 bits per heavy atom. The van der Waals surface area contributed by atoms with Gasteiger partial charge >= 0.3 is 5.97 Å². The van der Waals surface area contributed by atoms with Crippen LogP contribution < -0.4 is 0 Å². The highest BCUT2D eigenvalue weighted by Gasteiger charge is 2.16. The second kappa shape index (κ2) is 5.37. The molecule has 1 aliphatic rings. The number of carbonyl (C=O) groups is 2. The smallest absolute Gasteiger partial charge is 0.334 e. The molecule has 0 aliphatic heterocycles. The summed E-state index contributed by atoms with van der Waals surface area (Å²) in [6.45, 7) is 3.86. The third-order valence-corrected chi connectivity index (χ3v) is 2.02. The van der Waals surface area contributed by atoms with Crippen molar-refractivity contribution in [2.45, 2.75) is 25.7 Å². The normalized spacial score (nSPS) is 16.0. The lowest BCUT2D eigenvalue weighted by Gasteiger charge is -2.10. The van der Waals surface area contributed by atoms with Crippen LogP contribution in [-0.4, -0.2) is 18.4 Å². The molecule has 0 atom stereocenters. The van der Waals surface area contributed by atoms with E-state index in [2.05, 4.69) is 6.58 Å². The van der Waals surface area contributed by atoms with Gasteiger partial charge in [-0.25, -0.2) is 4.79 Å². The number of rotatable bonds is 4. The van der Waals surface area contributed by atoms with E-state index in [0.717, 1.165) is 6.42 Å². The molecule has 0 heterocycles. The van der Waals surface area contributed by atoms with Crippen LogP contribution in [0.5, 0.6) is 0 Å². The fraction of sp³-hybridized carbons (Fsp3) is 0.455. The monoisotopic (exact) mass is 194 g/mol. The Balaban J connectivity index is 2.43. The molecule has 0 aromatic heterocycles. The van der Waals surface area contributed by atoms with Crippen molar-refractivity contribution in [2.24, 2.45) is 0 Å². The molecule has 0 saturated carbocycles. The van der Waals surface area contributed by atoms with Crippen molar-refractivity contribution in [3.8, 4) is 0 Å². The van der Waals surface area contributed by atoms with Crippen LogP contribution in [0.3, 0.4) is 0 Å². The van der Waals surface area contributed by atoms with Crippen molar-refractivity contribution in [2.75, 3.05) is 6.61 Å². The number of carbonyl (C=O) groups excluding carboxylic acids is 2. The summed E-state index contributed by atoms with van der Waals surface area (Å²) in [5, 5.41) is 0. The minimum Gasteiger partial charge on any atom is -0.462 e. The van der Waals surface area contributed by atoms with E-state index in [1.165, 1.54) is 6.08 Å². The van der Waals surface area contributed by atoms with E-state index in [0.29, 0.717) is 31.4 Å². The SMILES string of the molecule is C=CCCOC(=O)C1=CC(=O)CCC1. The first-order chi connectivity index (χ1) is 6.74. The number of hydrogen-bond acceptors (Lipinski definition) is 3. The number of allylic oxidation sites excluding steroid dienone is 1. The Morgan fingerprint density at radius 2 is 2.36 bits per heavy atom. The van der Waals surface area contributed by atoms with Crippen LogP contribution in [0.2, 0.25) is 0 Å². The second-order valence-electron chi connectivity index (χ2n) is 3.20. The Hall–Kier alpha value is -1.38. The van der Waals surface area contributed by atoms with Crippen molar-refractivity contribution in [1.82, 2.24) is 0 Å². The van der Waals surface area contributed by atoms with Crippen molar-refractivity contribution in [3.63, 3.8) is 0 Å². The van der Waals surface area contributed by atoms with E-state index in [1.807, 2.05) is 0 Å². The van der Waals surface area contributed by atoms with E-state index in [4.69, 9.17) is 4.74 Å². The van der Waals surface area contributed by atoms with Crippen molar-refractivity contribution in [1.29, 1.82) is 0 Å². The maximum Gasteiger partial charge on any atom is 0.334 e. The Kier molecular flexibility index (Phi) is 4.11. The molecule has 0 aromatic carbocycles. The molecule has 0 radical (unpaired) electrons. The lowest BCUT2D eigenvalue weighted by molar-refractivity contribution is -0.139. The summed E-state index contributed by atoms with van der Waals surface area (Å²) >= 11 is 0. The molecule has 1 rings (SSSR count). The van der Waals surface area contributed by atoms with Crippen LogP contribution in [0.4, 0.5) is 0 Å². The van der Waals surface area contributed by atoms with E-state index < -0.39 is 0 Å². The van der Waals surface area contributed by atoms with Gasteiger partial charge in [-0.2, -0.15) is 0 Å². The Bertz CT molecular complexity index is 276. The topological polar surface area (TPSA) is 43.4 Å². The third-order valence-electron chi connectivity index (χ3n) is 2.02. The van der Waals surface area contributed by atoms with Crippen LogP contribution in [-0.2, 0) is 14.3 Å². The first-order valence-corrected chi connectivity index (χ1v) is 4.75. The molecule has 0 unspecified atom stereocenters. The highest BCUT2D eigenvalue weighted by Crippen LogP contribution is 2.16. The third kappa shape index (κ3) is 3.17. The standard InChI is InChI=1S/C11H14O3/c1-2-3-7-14-11(13)9-5-4-6-10(12)8-9/h2,8H,1,3-7H2. The quantitative estimate of drug-likeness (QED) is 0.389. The molecule has 3 heteroatoms. The van der Waals surface area contributed by atoms with Crippen molar-refractivity contribution in [3.05, 3.63) is 24.3 Å². The number of hydrogen-bond donors (Lipinski definition) is 0. The van der Waals surface area contributed by atoms with Gasteiger partial charge in [0.1, 0.15) is 0 Å². The van der Waals surface area contributed by atoms with Crippen molar-refractivity contribution < 1.29 is 14.3 Å². The second-order valence-corrected chi connectivity index (χ2v) is 3.20. The summed E-state index contributed by atoms with van der Waals surface area (Å²) in [6, 6.07) is 0. The molecule has 0 saturated heterocycles. The molecule has 0 bridgehead atoms. The summed E-state index contributed by atoms with van der Waals surface area (Å²) in [7, 11) is 0. The van der Waals surface area contributed by atoms with Crippen LogP contribution in [0.15, 0.2) is 24.3 Å². The first-order valence-electron chi connectivity index (χ1n) is 4.75. The fourth-order valence-corrected chi connectivity index (χ4v) is 1.28. The maximum atomic E-state index is 11.3. The van der Waals surface area contributed by atoms with Gasteiger partial charge in [0.25, 0.3) is 0 Å². The van der Waals surface area contributed by atoms with Gasteiger partial charge in [0, 0.05) is 12.0 Å². The fourth-order valence-electron chi connectivity index (χ4n) is 1.28. The highest BCUT2D eigenvalue weighted by atomic mass is 16.5. The van der Waals surface area contributed by atoms with E-state index in [9.17, 15) is 9.59 Å². The summed E-state index contributed by atoms with van der Waals surface area (Å²) < 4.78 is 4.94. The van der Waals surface area contributed by atoms with E-state index in [1.54, 1.807) is 6.08 Å². The molecule has 3 nitrogen and oxygen atoms in total. The number of ether oxygens (including phenoxy) is 1. The molecule has 0 aromatic rings. The van der Waals surface area contributed by atoms with Crippen LogP contribution in [0, 0.1) is 0 Å². The van der Waals surface area contributed by atoms with E-state index in [-0.39, 0.29) is 11.8 Å². The van der Waals surface area contributed by atoms with Gasteiger partial charge in [0.2, 0.25) is 0 Å².